The van der Waals surface area contributed by atoms with E-state index in [4.69, 9.17) is 15.9 Å². The molecule has 0 fully saturated rings. The van der Waals surface area contributed by atoms with E-state index in [1.807, 2.05) is 25.1 Å². The van der Waals surface area contributed by atoms with Crippen molar-refractivity contribution in [2.75, 3.05) is 6.61 Å². The van der Waals surface area contributed by atoms with Crippen LogP contribution in [-0.2, 0) is 0 Å². The first-order valence-corrected chi connectivity index (χ1v) is 5.58. The van der Waals surface area contributed by atoms with Crippen LogP contribution in [0.5, 0.6) is 5.75 Å². The van der Waals surface area contributed by atoms with Crippen molar-refractivity contribution in [3.63, 3.8) is 0 Å². The van der Waals surface area contributed by atoms with Crippen molar-refractivity contribution in [2.45, 2.75) is 27.2 Å². The van der Waals surface area contributed by atoms with Crippen LogP contribution in [0.1, 0.15) is 31.4 Å². The number of nitrogens with one attached hydrogen (secondary N) is 1. The average molecular weight is 220 g/mol. The van der Waals surface area contributed by atoms with E-state index in [1.165, 1.54) is 0 Å². The predicted octanol–water partition coefficient (Wildman–Crippen LogP) is 2.70. The molecule has 0 heterocycles. The smallest absolute Gasteiger partial charge is 0.130 e. The first-order valence-electron chi connectivity index (χ1n) is 5.58. The molecule has 3 N–H and O–H groups in total. The van der Waals surface area contributed by atoms with Crippen LogP contribution >= 0.6 is 0 Å². The molecular formula is C13H20N2O. The summed E-state index contributed by atoms with van der Waals surface area (Å²) in [4.78, 5) is 0. The van der Waals surface area contributed by atoms with Crippen LogP contribution in [0, 0.1) is 18.3 Å². The van der Waals surface area contributed by atoms with E-state index < -0.39 is 0 Å². The minimum Gasteiger partial charge on any atom is -0.493 e. The third-order valence-electron chi connectivity index (χ3n) is 2.38. The lowest BCUT2D eigenvalue weighted by Crippen LogP contribution is -2.14. The number of hydrogen-bond acceptors (Lipinski definition) is 2. The first-order chi connectivity index (χ1) is 7.50. The van der Waals surface area contributed by atoms with Gasteiger partial charge in [0.15, 0.2) is 0 Å². The van der Waals surface area contributed by atoms with Gasteiger partial charge in [-0.15, -0.1) is 0 Å². The number of amidine groups is 1. The molecule has 3 nitrogen and oxygen atoms in total. The number of rotatable bonds is 5. The zero-order valence-electron chi connectivity index (χ0n) is 10.2. The highest BCUT2D eigenvalue weighted by Gasteiger charge is 2.07. The molecule has 0 aromatic heterocycles. The zero-order valence-corrected chi connectivity index (χ0v) is 10.2. The van der Waals surface area contributed by atoms with E-state index >= 15 is 0 Å². The number of benzene rings is 1. The van der Waals surface area contributed by atoms with Crippen LogP contribution < -0.4 is 10.5 Å². The second-order valence-electron chi connectivity index (χ2n) is 4.44. The summed E-state index contributed by atoms with van der Waals surface area (Å²) < 4.78 is 5.64. The van der Waals surface area contributed by atoms with Gasteiger partial charge in [-0.05, 0) is 31.4 Å². The van der Waals surface area contributed by atoms with E-state index in [0.717, 1.165) is 12.0 Å². The Morgan fingerprint density at radius 3 is 2.69 bits per heavy atom. The largest absolute Gasteiger partial charge is 0.493 e. The highest BCUT2D eigenvalue weighted by atomic mass is 16.5. The molecule has 3 heteroatoms. The molecule has 0 saturated heterocycles. The SMILES string of the molecule is Cc1ccc(OCCC(C)C)c(C(=N)N)c1. The van der Waals surface area contributed by atoms with Crippen molar-refractivity contribution >= 4 is 5.84 Å². The van der Waals surface area contributed by atoms with Crippen molar-refractivity contribution in [1.29, 1.82) is 5.41 Å². The maximum Gasteiger partial charge on any atom is 0.130 e. The highest BCUT2D eigenvalue weighted by Crippen LogP contribution is 2.20. The number of ether oxygens (including phenoxy) is 1. The van der Waals surface area contributed by atoms with Crippen molar-refractivity contribution in [1.82, 2.24) is 0 Å². The topological polar surface area (TPSA) is 59.1 Å². The van der Waals surface area contributed by atoms with Gasteiger partial charge in [-0.1, -0.05) is 25.5 Å². The lowest BCUT2D eigenvalue weighted by molar-refractivity contribution is 0.289. The Morgan fingerprint density at radius 2 is 2.12 bits per heavy atom. The Balaban J connectivity index is 2.75. The Bertz CT molecular complexity index is 372. The monoisotopic (exact) mass is 220 g/mol. The summed E-state index contributed by atoms with van der Waals surface area (Å²) in [6.45, 7) is 6.96. The molecule has 1 aromatic rings. The summed E-state index contributed by atoms with van der Waals surface area (Å²) in [6.07, 6.45) is 1.01. The first kappa shape index (κ1) is 12.6. The zero-order chi connectivity index (χ0) is 12.1. The molecule has 0 aliphatic heterocycles. The molecule has 0 bridgehead atoms. The molecule has 1 aromatic carbocycles. The fourth-order valence-corrected chi connectivity index (χ4v) is 1.38. The summed E-state index contributed by atoms with van der Waals surface area (Å²) in [5.41, 5.74) is 7.29. The summed E-state index contributed by atoms with van der Waals surface area (Å²) in [5.74, 6) is 1.38. The molecule has 0 spiro atoms. The van der Waals surface area contributed by atoms with Crippen molar-refractivity contribution in [3.05, 3.63) is 29.3 Å². The third-order valence-corrected chi connectivity index (χ3v) is 2.38. The summed E-state index contributed by atoms with van der Waals surface area (Å²) in [7, 11) is 0. The van der Waals surface area contributed by atoms with E-state index in [1.54, 1.807) is 0 Å². The molecule has 0 radical (unpaired) electrons. The maximum absolute atomic E-state index is 7.49. The van der Waals surface area contributed by atoms with Gasteiger partial charge in [-0.25, -0.2) is 0 Å². The molecular weight excluding hydrogens is 200 g/mol. The third kappa shape index (κ3) is 3.57. The molecule has 1 rings (SSSR count). The molecule has 0 unspecified atom stereocenters. The predicted molar refractivity (Wildman–Crippen MR) is 67.1 cm³/mol. The van der Waals surface area contributed by atoms with Gasteiger partial charge >= 0.3 is 0 Å². The molecule has 0 aliphatic carbocycles. The Labute approximate surface area is 97.1 Å². The summed E-state index contributed by atoms with van der Waals surface area (Å²) >= 11 is 0. The normalized spacial score (nSPS) is 10.5. The number of aryl methyl sites for hydroxylation is 1. The van der Waals surface area contributed by atoms with Gasteiger partial charge in [0.05, 0.1) is 12.2 Å². The number of nitrogens with two attached hydrogens (primary N) is 1. The Morgan fingerprint density at radius 1 is 1.44 bits per heavy atom. The average Bonchev–Trinajstić information content (AvgIpc) is 2.19. The Kier molecular flexibility index (Phi) is 4.35. The fraction of sp³-hybridized carbons (Fsp3) is 0.462. The van der Waals surface area contributed by atoms with Gasteiger partial charge in [0.2, 0.25) is 0 Å². The standard InChI is InChI=1S/C13H20N2O/c1-9(2)6-7-16-12-5-4-10(3)8-11(12)13(14)15/h4-5,8-9H,6-7H2,1-3H3,(H3,14,15). The van der Waals surface area contributed by atoms with E-state index in [2.05, 4.69) is 13.8 Å². The molecule has 16 heavy (non-hydrogen) atoms. The molecule has 0 saturated carbocycles. The quantitative estimate of drug-likeness (QED) is 0.592. The van der Waals surface area contributed by atoms with Crippen LogP contribution in [0.25, 0.3) is 0 Å². The van der Waals surface area contributed by atoms with Crippen LogP contribution in [-0.4, -0.2) is 12.4 Å². The second kappa shape index (κ2) is 5.54. The number of nitrogen functional groups attached to an aromatic ring is 1. The fourth-order valence-electron chi connectivity index (χ4n) is 1.38. The molecule has 88 valence electrons. The lowest BCUT2D eigenvalue weighted by Gasteiger charge is -2.12. The minimum absolute atomic E-state index is 0.0586. The van der Waals surface area contributed by atoms with E-state index in [9.17, 15) is 0 Å². The molecule has 0 atom stereocenters. The van der Waals surface area contributed by atoms with Gasteiger partial charge in [0.25, 0.3) is 0 Å². The summed E-state index contributed by atoms with van der Waals surface area (Å²) in [6, 6.07) is 5.73. The van der Waals surface area contributed by atoms with E-state index in [0.29, 0.717) is 23.8 Å². The van der Waals surface area contributed by atoms with Gasteiger partial charge in [-0.3, -0.25) is 5.41 Å². The van der Waals surface area contributed by atoms with Crippen LogP contribution in [0.15, 0.2) is 18.2 Å². The minimum atomic E-state index is 0.0586. The molecule has 0 aliphatic rings. The van der Waals surface area contributed by atoms with Gasteiger partial charge in [0.1, 0.15) is 11.6 Å². The highest BCUT2D eigenvalue weighted by molar-refractivity contribution is 5.97. The molecule has 0 amide bonds. The van der Waals surface area contributed by atoms with Crippen LogP contribution in [0.2, 0.25) is 0 Å². The van der Waals surface area contributed by atoms with Crippen LogP contribution in [0.3, 0.4) is 0 Å². The number of hydrogen-bond donors (Lipinski definition) is 2. The lowest BCUT2D eigenvalue weighted by atomic mass is 10.1. The van der Waals surface area contributed by atoms with Crippen LogP contribution in [0.4, 0.5) is 0 Å². The summed E-state index contributed by atoms with van der Waals surface area (Å²) in [5, 5.41) is 7.49. The van der Waals surface area contributed by atoms with Gasteiger partial charge < -0.3 is 10.5 Å². The van der Waals surface area contributed by atoms with E-state index in [-0.39, 0.29) is 5.84 Å². The maximum atomic E-state index is 7.49. The van der Waals surface area contributed by atoms with Gasteiger partial charge in [-0.2, -0.15) is 0 Å². The van der Waals surface area contributed by atoms with Crippen molar-refractivity contribution in [3.8, 4) is 5.75 Å². The second-order valence-corrected chi connectivity index (χ2v) is 4.44. The van der Waals surface area contributed by atoms with Crippen molar-refractivity contribution < 1.29 is 4.74 Å². The van der Waals surface area contributed by atoms with Gasteiger partial charge in [0, 0.05) is 0 Å². The van der Waals surface area contributed by atoms with Crippen molar-refractivity contribution in [2.24, 2.45) is 11.7 Å². The Hall–Kier alpha value is -1.51.